The largest absolute Gasteiger partial charge is 0.355 e. The standard InChI is InChI=1S/C22H30FN5O3S2/c1-32-22-26-25-20(28(22)17-6-2-3-7-17)9-4-14-24-21(29)19-8-5-15-27(19)33(30,31)18-12-10-16(23)11-13-18/h10-13,17,19H,2-9,14-15H2,1H3,(H,24,29)/t19-/m0/s1. The molecule has 1 amide bonds. The van der Waals surface area contributed by atoms with Gasteiger partial charge in [0.15, 0.2) is 5.16 Å². The summed E-state index contributed by atoms with van der Waals surface area (Å²) in [6, 6.07) is 4.42. The van der Waals surface area contributed by atoms with Crippen molar-refractivity contribution in [1.82, 2.24) is 24.4 Å². The zero-order valence-electron chi connectivity index (χ0n) is 18.7. The first-order chi connectivity index (χ1) is 15.9. The van der Waals surface area contributed by atoms with E-state index in [0.717, 1.165) is 36.0 Å². The Balaban J connectivity index is 1.34. The molecular formula is C22H30FN5O3S2. The van der Waals surface area contributed by atoms with Gasteiger partial charge in [-0.15, -0.1) is 10.2 Å². The van der Waals surface area contributed by atoms with Crippen LogP contribution >= 0.6 is 11.8 Å². The summed E-state index contributed by atoms with van der Waals surface area (Å²) in [5.41, 5.74) is 0. The van der Waals surface area contributed by atoms with Gasteiger partial charge in [0, 0.05) is 25.6 Å². The van der Waals surface area contributed by atoms with Gasteiger partial charge >= 0.3 is 0 Å². The molecule has 1 aromatic heterocycles. The minimum Gasteiger partial charge on any atom is -0.355 e. The van der Waals surface area contributed by atoms with Gasteiger partial charge < -0.3 is 9.88 Å². The minimum atomic E-state index is -3.86. The molecule has 11 heteroatoms. The van der Waals surface area contributed by atoms with Crippen molar-refractivity contribution < 1.29 is 17.6 Å². The van der Waals surface area contributed by atoms with E-state index in [9.17, 15) is 17.6 Å². The predicted molar refractivity (Wildman–Crippen MR) is 124 cm³/mol. The molecule has 180 valence electrons. The highest BCUT2D eigenvalue weighted by Gasteiger charge is 2.39. The molecule has 1 saturated heterocycles. The lowest BCUT2D eigenvalue weighted by Gasteiger charge is -2.23. The average molecular weight is 496 g/mol. The van der Waals surface area contributed by atoms with Crippen molar-refractivity contribution in [3.05, 3.63) is 35.9 Å². The number of carbonyl (C=O) groups excluding carboxylic acids is 1. The van der Waals surface area contributed by atoms with Crippen LogP contribution in [0.5, 0.6) is 0 Å². The van der Waals surface area contributed by atoms with Crippen molar-refractivity contribution in [2.75, 3.05) is 19.3 Å². The Morgan fingerprint density at radius 2 is 1.88 bits per heavy atom. The Bertz CT molecular complexity index is 1070. The van der Waals surface area contributed by atoms with Gasteiger partial charge in [-0.3, -0.25) is 4.79 Å². The number of amides is 1. The van der Waals surface area contributed by atoms with E-state index in [1.807, 2.05) is 6.26 Å². The van der Waals surface area contributed by atoms with Crippen molar-refractivity contribution in [2.24, 2.45) is 0 Å². The number of halogens is 1. The molecule has 1 aromatic carbocycles. The van der Waals surface area contributed by atoms with Crippen molar-refractivity contribution >= 4 is 27.7 Å². The number of rotatable bonds is 9. The first-order valence-corrected chi connectivity index (χ1v) is 14.1. The number of sulfonamides is 1. The van der Waals surface area contributed by atoms with Crippen LogP contribution in [-0.2, 0) is 21.2 Å². The van der Waals surface area contributed by atoms with E-state index in [0.29, 0.717) is 38.3 Å². The number of nitrogens with zero attached hydrogens (tertiary/aromatic N) is 4. The summed E-state index contributed by atoms with van der Waals surface area (Å²) < 4.78 is 42.6. The number of nitrogens with one attached hydrogen (secondary N) is 1. The van der Waals surface area contributed by atoms with E-state index in [1.165, 1.54) is 29.3 Å². The van der Waals surface area contributed by atoms with Crippen molar-refractivity contribution in [3.63, 3.8) is 0 Å². The number of hydrogen-bond acceptors (Lipinski definition) is 6. The molecule has 1 aliphatic heterocycles. The lowest BCUT2D eigenvalue weighted by atomic mass is 10.2. The number of carbonyl (C=O) groups is 1. The zero-order chi connectivity index (χ0) is 23.4. The van der Waals surface area contributed by atoms with E-state index in [1.54, 1.807) is 11.8 Å². The molecule has 33 heavy (non-hydrogen) atoms. The monoisotopic (exact) mass is 495 g/mol. The van der Waals surface area contributed by atoms with E-state index in [2.05, 4.69) is 20.1 Å². The van der Waals surface area contributed by atoms with Crippen LogP contribution in [0.15, 0.2) is 34.3 Å². The van der Waals surface area contributed by atoms with Crippen LogP contribution in [0.3, 0.4) is 0 Å². The number of hydrogen-bond donors (Lipinski definition) is 1. The summed E-state index contributed by atoms with van der Waals surface area (Å²) in [5.74, 6) is 0.153. The predicted octanol–water partition coefficient (Wildman–Crippen LogP) is 3.16. The fraction of sp³-hybridized carbons (Fsp3) is 0.591. The van der Waals surface area contributed by atoms with E-state index in [4.69, 9.17) is 0 Å². The molecular weight excluding hydrogens is 465 g/mol. The molecule has 1 saturated carbocycles. The van der Waals surface area contributed by atoms with Crippen molar-refractivity contribution in [2.45, 2.75) is 73.5 Å². The molecule has 0 unspecified atom stereocenters. The van der Waals surface area contributed by atoms with Gasteiger partial charge in [-0.05, 0) is 62.6 Å². The average Bonchev–Trinajstić information content (AvgIpc) is 3.57. The van der Waals surface area contributed by atoms with Gasteiger partial charge in [0.25, 0.3) is 0 Å². The Hall–Kier alpha value is -1.98. The summed E-state index contributed by atoms with van der Waals surface area (Å²) in [6.45, 7) is 0.714. The molecule has 2 aromatic rings. The van der Waals surface area contributed by atoms with Crippen LogP contribution in [0.4, 0.5) is 4.39 Å². The number of thioether (sulfide) groups is 1. The lowest BCUT2D eigenvalue weighted by molar-refractivity contribution is -0.124. The fourth-order valence-electron chi connectivity index (χ4n) is 4.75. The van der Waals surface area contributed by atoms with Crippen LogP contribution in [0, 0.1) is 5.82 Å². The van der Waals surface area contributed by atoms with Crippen LogP contribution in [0.25, 0.3) is 0 Å². The third-order valence-electron chi connectivity index (χ3n) is 6.41. The smallest absolute Gasteiger partial charge is 0.243 e. The van der Waals surface area contributed by atoms with Gasteiger partial charge in [-0.2, -0.15) is 4.31 Å². The third-order valence-corrected chi connectivity index (χ3v) is 8.98. The maximum atomic E-state index is 13.2. The highest BCUT2D eigenvalue weighted by atomic mass is 32.2. The second-order valence-electron chi connectivity index (χ2n) is 8.53. The summed E-state index contributed by atoms with van der Waals surface area (Å²) in [6.07, 6.45) is 9.24. The van der Waals surface area contributed by atoms with Crippen molar-refractivity contribution in [3.8, 4) is 0 Å². The highest BCUT2D eigenvalue weighted by Crippen LogP contribution is 2.33. The summed E-state index contributed by atoms with van der Waals surface area (Å²) in [7, 11) is -3.86. The fourth-order valence-corrected chi connectivity index (χ4v) is 6.98. The molecule has 0 radical (unpaired) electrons. The third kappa shape index (κ3) is 5.25. The van der Waals surface area contributed by atoms with Crippen LogP contribution in [-0.4, -0.2) is 58.8 Å². The van der Waals surface area contributed by atoms with Gasteiger partial charge in [0.2, 0.25) is 15.9 Å². The lowest BCUT2D eigenvalue weighted by Crippen LogP contribution is -2.46. The Morgan fingerprint density at radius 1 is 1.15 bits per heavy atom. The molecule has 0 bridgehead atoms. The zero-order valence-corrected chi connectivity index (χ0v) is 20.4. The summed E-state index contributed by atoms with van der Waals surface area (Å²) in [4.78, 5) is 12.8. The highest BCUT2D eigenvalue weighted by molar-refractivity contribution is 7.98. The summed E-state index contributed by atoms with van der Waals surface area (Å²) >= 11 is 1.60. The van der Waals surface area contributed by atoms with Crippen molar-refractivity contribution in [1.29, 1.82) is 0 Å². The second kappa shape index (κ2) is 10.5. The number of benzene rings is 1. The topological polar surface area (TPSA) is 97.2 Å². The SMILES string of the molecule is CSc1nnc(CCCNC(=O)[C@@H]2CCCN2S(=O)(=O)c2ccc(F)cc2)n1C1CCCC1. The van der Waals surface area contributed by atoms with E-state index >= 15 is 0 Å². The quantitative estimate of drug-likeness (QED) is 0.424. The molecule has 2 fully saturated rings. The normalized spacial score (nSPS) is 19.9. The molecule has 1 atom stereocenters. The molecule has 1 aliphatic carbocycles. The molecule has 1 N–H and O–H groups in total. The number of aromatic nitrogens is 3. The van der Waals surface area contributed by atoms with Gasteiger partial charge in [0.05, 0.1) is 4.90 Å². The Kier molecular flexibility index (Phi) is 7.70. The Labute approximate surface area is 198 Å². The maximum Gasteiger partial charge on any atom is 0.243 e. The van der Waals surface area contributed by atoms with Gasteiger partial charge in [-0.25, -0.2) is 12.8 Å². The molecule has 2 aliphatic rings. The molecule has 4 rings (SSSR count). The first-order valence-electron chi connectivity index (χ1n) is 11.4. The van der Waals surface area contributed by atoms with Crippen LogP contribution in [0.1, 0.15) is 56.8 Å². The summed E-state index contributed by atoms with van der Waals surface area (Å²) in [5, 5.41) is 12.5. The first kappa shape index (κ1) is 24.2. The molecule has 2 heterocycles. The van der Waals surface area contributed by atoms with Crippen LogP contribution < -0.4 is 5.32 Å². The van der Waals surface area contributed by atoms with E-state index < -0.39 is 21.9 Å². The minimum absolute atomic E-state index is 0.000512. The maximum absolute atomic E-state index is 13.2. The van der Waals surface area contributed by atoms with Gasteiger partial charge in [-0.1, -0.05) is 24.6 Å². The van der Waals surface area contributed by atoms with Gasteiger partial charge in [0.1, 0.15) is 17.7 Å². The molecule has 8 nitrogen and oxygen atoms in total. The van der Waals surface area contributed by atoms with Crippen LogP contribution in [0.2, 0.25) is 0 Å². The van der Waals surface area contributed by atoms with E-state index in [-0.39, 0.29) is 17.3 Å². The molecule has 0 spiro atoms. The number of aryl methyl sites for hydroxylation is 1. The Morgan fingerprint density at radius 3 is 2.58 bits per heavy atom. The second-order valence-corrected chi connectivity index (χ2v) is 11.2.